The Morgan fingerprint density at radius 2 is 0.748 bits per heavy atom. The van der Waals surface area contributed by atoms with Crippen LogP contribution in [0.25, 0.3) is 241 Å². The van der Waals surface area contributed by atoms with Crippen LogP contribution >= 0.6 is 0 Å². The van der Waals surface area contributed by atoms with E-state index in [0.29, 0.717) is 17.4 Å². The lowest BCUT2D eigenvalue weighted by atomic mass is 9.95. The molecular weight excluding hydrogens is 1260 g/mol. The van der Waals surface area contributed by atoms with Crippen LogP contribution in [0.3, 0.4) is 0 Å². The third-order valence-corrected chi connectivity index (χ3v) is 22.7. The molecule has 0 aliphatic carbocycles. The standard InChI is InChI=1S/C94H50N8O/c1-2-20-54(21-3-1)83-91-84(68-28-12-17-33-80(68)103-91)97-94(96-83)102-86-61-23-7-5-19-52(61)39-44-64(86)73-50-74-70-47-56(41-45-79(70)100-78-32-16-11-27-67(78)82(88(74)100)90(73)102)55-40-42-59-57(46-55)36-34-53-35-37-58(48-69(53)59)92-95-75-29-13-8-25-65(75)93(98-92)101-85-60-22-6-4-18-51(60)38-43-63(85)72-49-71-62-24-9-14-30-76(62)99-77-31-15-10-26-66(77)81(87(71)99)89(72)101/h1-50H. The van der Waals surface area contributed by atoms with Gasteiger partial charge in [0, 0.05) is 97.3 Å². The van der Waals surface area contributed by atoms with E-state index in [1.807, 2.05) is 18.2 Å². The van der Waals surface area contributed by atoms with Crippen LogP contribution in [-0.4, -0.2) is 37.9 Å². The summed E-state index contributed by atoms with van der Waals surface area (Å²) in [6.45, 7) is 0. The minimum absolute atomic E-state index is 0.590. The maximum Gasteiger partial charge on any atom is 0.236 e. The molecule has 25 rings (SSSR count). The second kappa shape index (κ2) is 19.5. The molecule has 472 valence electrons. The number of rotatable bonds is 5. The zero-order chi connectivity index (χ0) is 66.6. The van der Waals surface area contributed by atoms with Gasteiger partial charge in [0.05, 0.1) is 60.7 Å². The molecule has 0 fully saturated rings. The molecule has 0 radical (unpaired) electrons. The number of para-hydroxylation sites is 5. The summed E-state index contributed by atoms with van der Waals surface area (Å²) in [7, 11) is 0. The van der Waals surface area contributed by atoms with E-state index in [2.05, 4.69) is 303 Å². The second-order valence-corrected chi connectivity index (χ2v) is 27.9. The van der Waals surface area contributed by atoms with Gasteiger partial charge in [-0.15, -0.1) is 0 Å². The van der Waals surface area contributed by atoms with Crippen molar-refractivity contribution in [3.63, 3.8) is 0 Å². The summed E-state index contributed by atoms with van der Waals surface area (Å²) in [4.78, 5) is 22.5. The minimum atomic E-state index is 0.590. The van der Waals surface area contributed by atoms with Crippen LogP contribution in [0, 0.1) is 0 Å². The Bertz CT molecular complexity index is 8130. The van der Waals surface area contributed by atoms with Gasteiger partial charge in [-0.2, -0.15) is 0 Å². The maximum atomic E-state index is 6.68. The molecule has 0 atom stereocenters. The fourth-order valence-electron chi connectivity index (χ4n) is 18.4. The SMILES string of the molecule is c1ccc(-c2nc(-n3c4c5ccccc5ccc4c4cc5c6cc(-c7ccc8c(ccc9ccc(-c%10nc(-n%11c%12c%13ccccc%13ccc%12c%12cc%13c%14ccccc%14n%14c%15ccccc%15c(c%12%11)c%13%14)c%11ccccc%11n%10)cc98)c7)ccc6n6c7ccccc7c(c43)c56)nc3c2oc2ccccc23)cc1. The topological polar surface area (TPSA) is 83.4 Å². The quantitative estimate of drug-likeness (QED) is 0.160. The first-order chi connectivity index (χ1) is 51.1. The summed E-state index contributed by atoms with van der Waals surface area (Å²) in [6, 6.07) is 111. The van der Waals surface area contributed by atoms with Crippen molar-refractivity contribution in [2.24, 2.45) is 0 Å². The van der Waals surface area contributed by atoms with Gasteiger partial charge in [-0.05, 0) is 122 Å². The summed E-state index contributed by atoms with van der Waals surface area (Å²) in [6.07, 6.45) is 0. The van der Waals surface area contributed by atoms with Gasteiger partial charge < -0.3 is 13.2 Å². The van der Waals surface area contributed by atoms with Crippen molar-refractivity contribution in [3.05, 3.63) is 303 Å². The molecule has 0 saturated heterocycles. The average Bonchev–Trinajstić information content (AvgIpc) is 1.52. The van der Waals surface area contributed by atoms with E-state index < -0.39 is 0 Å². The minimum Gasteiger partial charge on any atom is -0.452 e. The van der Waals surface area contributed by atoms with E-state index in [1.54, 1.807) is 0 Å². The predicted molar refractivity (Wildman–Crippen MR) is 427 cm³/mol. The molecule has 0 spiro atoms. The molecule has 0 bridgehead atoms. The Hall–Kier alpha value is -14.0. The molecule has 25 aromatic rings. The fraction of sp³-hybridized carbons (Fsp3) is 0. The zero-order valence-electron chi connectivity index (χ0n) is 54.9. The highest BCUT2D eigenvalue weighted by Crippen LogP contribution is 2.51. The molecular formula is C94H50N8O. The first-order valence-electron chi connectivity index (χ1n) is 35.2. The Balaban J connectivity index is 0.680. The Morgan fingerprint density at radius 3 is 1.48 bits per heavy atom. The van der Waals surface area contributed by atoms with Crippen LogP contribution in [0.4, 0.5) is 0 Å². The number of aromatic nitrogens is 8. The predicted octanol–water partition coefficient (Wildman–Crippen LogP) is 24.4. The van der Waals surface area contributed by atoms with Gasteiger partial charge >= 0.3 is 0 Å². The molecule has 9 nitrogen and oxygen atoms in total. The highest BCUT2D eigenvalue weighted by molar-refractivity contribution is 6.38. The number of hydrogen-bond donors (Lipinski definition) is 0. The van der Waals surface area contributed by atoms with Gasteiger partial charge in [-0.25, -0.2) is 19.9 Å². The molecule has 0 aliphatic rings. The molecule has 16 aromatic carbocycles. The highest BCUT2D eigenvalue weighted by atomic mass is 16.3. The van der Waals surface area contributed by atoms with Gasteiger partial charge in [0.2, 0.25) is 5.95 Å². The Morgan fingerprint density at radius 1 is 0.252 bits per heavy atom. The third-order valence-electron chi connectivity index (χ3n) is 22.7. The molecule has 0 N–H and O–H groups in total. The van der Waals surface area contributed by atoms with Crippen molar-refractivity contribution < 1.29 is 4.42 Å². The number of nitrogens with zero attached hydrogens (tertiary/aromatic N) is 8. The van der Waals surface area contributed by atoms with Crippen LogP contribution in [0.1, 0.15) is 0 Å². The van der Waals surface area contributed by atoms with Crippen LogP contribution in [-0.2, 0) is 0 Å². The van der Waals surface area contributed by atoms with Crippen molar-refractivity contribution in [1.82, 2.24) is 37.9 Å². The number of hydrogen-bond acceptors (Lipinski definition) is 5. The molecule has 103 heavy (non-hydrogen) atoms. The van der Waals surface area contributed by atoms with Gasteiger partial charge in [0.25, 0.3) is 0 Å². The van der Waals surface area contributed by atoms with E-state index >= 15 is 0 Å². The summed E-state index contributed by atoms with van der Waals surface area (Å²) in [5.41, 5.74) is 19.6. The summed E-state index contributed by atoms with van der Waals surface area (Å²) in [5, 5.41) is 25.5. The summed E-state index contributed by atoms with van der Waals surface area (Å²) < 4.78 is 16.5. The zero-order valence-corrected chi connectivity index (χ0v) is 54.9. The molecule has 0 amide bonds. The average molecular weight is 1310 g/mol. The van der Waals surface area contributed by atoms with Crippen LogP contribution < -0.4 is 0 Å². The molecule has 9 aromatic heterocycles. The third kappa shape index (κ3) is 6.99. The first kappa shape index (κ1) is 54.0. The smallest absolute Gasteiger partial charge is 0.236 e. The lowest BCUT2D eigenvalue weighted by Crippen LogP contribution is -2.03. The van der Waals surface area contributed by atoms with E-state index in [-0.39, 0.29) is 0 Å². The molecule has 0 unspecified atom stereocenters. The Labute approximate surface area is 583 Å². The lowest BCUT2D eigenvalue weighted by Gasteiger charge is -2.15. The normalized spacial score (nSPS) is 12.7. The van der Waals surface area contributed by atoms with E-state index in [1.165, 1.54) is 86.7 Å². The van der Waals surface area contributed by atoms with Crippen LogP contribution in [0.5, 0.6) is 0 Å². The monoisotopic (exact) mass is 1310 g/mol. The summed E-state index contributed by atoms with van der Waals surface area (Å²) >= 11 is 0. The number of benzene rings is 16. The Kier molecular flexibility index (Phi) is 10.2. The van der Waals surface area contributed by atoms with Gasteiger partial charge in [0.1, 0.15) is 22.6 Å². The number of fused-ring (bicyclic) bond motifs is 31. The van der Waals surface area contributed by atoms with E-state index in [4.69, 9.17) is 24.4 Å². The largest absolute Gasteiger partial charge is 0.452 e. The van der Waals surface area contributed by atoms with Crippen LogP contribution in [0.2, 0.25) is 0 Å². The van der Waals surface area contributed by atoms with Gasteiger partial charge in [-0.3, -0.25) is 9.13 Å². The fourth-order valence-corrected chi connectivity index (χ4v) is 18.4. The maximum absolute atomic E-state index is 6.68. The van der Waals surface area contributed by atoms with E-state index in [0.717, 1.165) is 137 Å². The molecule has 0 aliphatic heterocycles. The second-order valence-electron chi connectivity index (χ2n) is 27.9. The van der Waals surface area contributed by atoms with Crippen molar-refractivity contribution >= 4 is 196 Å². The molecule has 9 heterocycles. The van der Waals surface area contributed by atoms with Crippen LogP contribution in [0.15, 0.2) is 308 Å². The first-order valence-corrected chi connectivity index (χ1v) is 35.2. The molecule has 9 heteroatoms. The van der Waals surface area contributed by atoms with Crippen molar-refractivity contribution in [2.45, 2.75) is 0 Å². The van der Waals surface area contributed by atoms with Crippen molar-refractivity contribution in [3.8, 4) is 45.5 Å². The van der Waals surface area contributed by atoms with Crippen molar-refractivity contribution in [1.29, 1.82) is 0 Å². The van der Waals surface area contributed by atoms with Gasteiger partial charge in [-0.1, -0.05) is 224 Å². The highest BCUT2D eigenvalue weighted by Gasteiger charge is 2.31. The van der Waals surface area contributed by atoms with Gasteiger partial charge in [0.15, 0.2) is 11.4 Å². The lowest BCUT2D eigenvalue weighted by molar-refractivity contribution is 0.666. The molecule has 0 saturated carbocycles. The number of furan rings is 1. The van der Waals surface area contributed by atoms with E-state index in [9.17, 15) is 0 Å². The summed E-state index contributed by atoms with van der Waals surface area (Å²) in [5.74, 6) is 2.11. The van der Waals surface area contributed by atoms with Crippen molar-refractivity contribution in [2.75, 3.05) is 0 Å².